The van der Waals surface area contributed by atoms with E-state index in [2.05, 4.69) is 25.4 Å². The molecule has 8 heteroatoms. The number of ketones is 1. The predicted molar refractivity (Wildman–Crippen MR) is 113 cm³/mol. The van der Waals surface area contributed by atoms with Crippen molar-refractivity contribution in [1.82, 2.24) is 24.6 Å². The zero-order valence-corrected chi connectivity index (χ0v) is 16.1. The number of methoxy groups -OCH3 is 1. The molecule has 4 heterocycles. The lowest BCUT2D eigenvalue weighted by molar-refractivity contribution is 0.0969. The van der Waals surface area contributed by atoms with Crippen LogP contribution in [0.1, 0.15) is 22.1 Å². The predicted octanol–water partition coefficient (Wildman–Crippen LogP) is 3.65. The third-order valence-corrected chi connectivity index (χ3v) is 4.92. The molecule has 5 rings (SSSR count). The molecular formula is C22H18N6O2. The van der Waals surface area contributed by atoms with Crippen LogP contribution in [0.3, 0.4) is 0 Å². The standard InChI is InChI=1S/C22H18N6O2/c1-30-20-13-23-12-19(25-20)26-21(18-10-14-6-4-5-9-28(14)27-18)22(29)16-11-24-17-8-3-2-7-15(16)17/h2-13,21,24H,1H3,(H,25,26). The quantitative estimate of drug-likeness (QED) is 0.424. The van der Waals surface area contributed by atoms with Gasteiger partial charge in [0.05, 0.1) is 30.7 Å². The van der Waals surface area contributed by atoms with Crippen molar-refractivity contribution in [3.8, 4) is 5.88 Å². The lowest BCUT2D eigenvalue weighted by atomic mass is 10.0. The third kappa shape index (κ3) is 3.14. The van der Waals surface area contributed by atoms with Crippen molar-refractivity contribution in [2.75, 3.05) is 12.4 Å². The third-order valence-electron chi connectivity index (χ3n) is 4.92. The number of nitrogens with zero attached hydrogens (tertiary/aromatic N) is 4. The van der Waals surface area contributed by atoms with E-state index in [1.807, 2.05) is 54.7 Å². The van der Waals surface area contributed by atoms with Crippen molar-refractivity contribution < 1.29 is 9.53 Å². The lowest BCUT2D eigenvalue weighted by Crippen LogP contribution is -2.22. The van der Waals surface area contributed by atoms with E-state index in [-0.39, 0.29) is 5.78 Å². The Labute approximate surface area is 171 Å². The van der Waals surface area contributed by atoms with Crippen molar-refractivity contribution >= 4 is 28.0 Å². The molecule has 0 saturated heterocycles. The Morgan fingerprint density at radius 3 is 2.90 bits per heavy atom. The summed E-state index contributed by atoms with van der Waals surface area (Å²) >= 11 is 0. The molecule has 2 N–H and O–H groups in total. The Morgan fingerprint density at radius 1 is 1.17 bits per heavy atom. The fourth-order valence-electron chi connectivity index (χ4n) is 3.47. The van der Waals surface area contributed by atoms with Gasteiger partial charge in [-0.1, -0.05) is 24.3 Å². The monoisotopic (exact) mass is 398 g/mol. The molecule has 4 aromatic heterocycles. The number of aromatic amines is 1. The second-order valence-electron chi connectivity index (χ2n) is 6.78. The fourth-order valence-corrected chi connectivity index (χ4v) is 3.47. The second-order valence-corrected chi connectivity index (χ2v) is 6.78. The number of benzene rings is 1. The van der Waals surface area contributed by atoms with E-state index in [1.54, 1.807) is 16.9 Å². The van der Waals surface area contributed by atoms with Crippen molar-refractivity contribution in [3.05, 3.63) is 84.6 Å². The highest BCUT2D eigenvalue weighted by molar-refractivity contribution is 6.11. The number of hydrogen-bond donors (Lipinski definition) is 2. The molecule has 0 fully saturated rings. The summed E-state index contributed by atoms with van der Waals surface area (Å²) < 4.78 is 6.90. The number of anilines is 1. The number of para-hydroxylation sites is 1. The zero-order chi connectivity index (χ0) is 20.5. The largest absolute Gasteiger partial charge is 0.480 e. The molecule has 0 radical (unpaired) electrons. The van der Waals surface area contributed by atoms with Crippen molar-refractivity contribution in [1.29, 1.82) is 0 Å². The zero-order valence-electron chi connectivity index (χ0n) is 16.1. The molecule has 0 bridgehead atoms. The van der Waals surface area contributed by atoms with Gasteiger partial charge in [0.25, 0.3) is 0 Å². The van der Waals surface area contributed by atoms with Crippen LogP contribution >= 0.6 is 0 Å². The van der Waals surface area contributed by atoms with Crippen LogP contribution in [0.15, 0.2) is 73.3 Å². The summed E-state index contributed by atoms with van der Waals surface area (Å²) in [4.78, 5) is 25.3. The molecule has 148 valence electrons. The molecule has 1 aromatic carbocycles. The normalized spacial score (nSPS) is 12.2. The van der Waals surface area contributed by atoms with Crippen molar-refractivity contribution in [2.45, 2.75) is 6.04 Å². The Balaban J connectivity index is 1.60. The van der Waals surface area contributed by atoms with E-state index >= 15 is 0 Å². The Morgan fingerprint density at radius 2 is 2.03 bits per heavy atom. The van der Waals surface area contributed by atoms with E-state index in [4.69, 9.17) is 4.74 Å². The summed E-state index contributed by atoms with van der Waals surface area (Å²) in [6.07, 6.45) is 6.63. The minimum Gasteiger partial charge on any atom is -0.480 e. The average molecular weight is 398 g/mol. The molecule has 0 spiro atoms. The maximum atomic E-state index is 13.6. The number of nitrogens with one attached hydrogen (secondary N) is 2. The summed E-state index contributed by atoms with van der Waals surface area (Å²) in [5.74, 6) is 0.651. The summed E-state index contributed by atoms with van der Waals surface area (Å²) in [6.45, 7) is 0. The van der Waals surface area contributed by atoms with Crippen LogP contribution in [0.4, 0.5) is 5.82 Å². The first-order valence-corrected chi connectivity index (χ1v) is 9.40. The minimum atomic E-state index is -0.759. The van der Waals surface area contributed by atoms with E-state index in [1.165, 1.54) is 13.3 Å². The average Bonchev–Trinajstić information content (AvgIpc) is 3.41. The number of Topliss-reactive ketones (excluding diaryl/α,β-unsaturated/α-hetero) is 1. The van der Waals surface area contributed by atoms with Crippen LogP contribution in [0.2, 0.25) is 0 Å². The Hall–Kier alpha value is -4.20. The topological polar surface area (TPSA) is 97.2 Å². The summed E-state index contributed by atoms with van der Waals surface area (Å²) in [5, 5.41) is 8.65. The first-order valence-electron chi connectivity index (χ1n) is 9.40. The van der Waals surface area contributed by atoms with Crippen LogP contribution in [0.5, 0.6) is 5.88 Å². The van der Waals surface area contributed by atoms with Gasteiger partial charge < -0.3 is 15.0 Å². The number of ether oxygens (including phenoxy) is 1. The highest BCUT2D eigenvalue weighted by atomic mass is 16.5. The Kier molecular flexibility index (Phi) is 4.36. The van der Waals surface area contributed by atoms with E-state index in [0.717, 1.165) is 16.4 Å². The minimum absolute atomic E-state index is 0.125. The summed E-state index contributed by atoms with van der Waals surface area (Å²) in [5.41, 5.74) is 2.95. The van der Waals surface area contributed by atoms with Crippen LogP contribution < -0.4 is 10.1 Å². The first-order chi connectivity index (χ1) is 14.7. The smallest absolute Gasteiger partial charge is 0.233 e. The molecular weight excluding hydrogens is 380 g/mol. The molecule has 0 aliphatic heterocycles. The molecule has 1 atom stereocenters. The van der Waals surface area contributed by atoms with Gasteiger partial charge in [0, 0.05) is 28.9 Å². The maximum Gasteiger partial charge on any atom is 0.233 e. The molecule has 30 heavy (non-hydrogen) atoms. The number of carbonyl (C=O) groups excluding carboxylic acids is 1. The highest BCUT2D eigenvalue weighted by Gasteiger charge is 2.27. The van der Waals surface area contributed by atoms with E-state index < -0.39 is 6.04 Å². The molecule has 0 amide bonds. The number of aromatic nitrogens is 5. The number of rotatable bonds is 6. The molecule has 0 aliphatic rings. The van der Waals surface area contributed by atoms with E-state index in [0.29, 0.717) is 23.0 Å². The van der Waals surface area contributed by atoms with Gasteiger partial charge >= 0.3 is 0 Å². The van der Waals surface area contributed by atoms with Crippen LogP contribution in [0, 0.1) is 0 Å². The number of pyridine rings is 1. The van der Waals surface area contributed by atoms with Gasteiger partial charge in [-0.05, 0) is 24.3 Å². The summed E-state index contributed by atoms with van der Waals surface area (Å²) in [7, 11) is 1.52. The van der Waals surface area contributed by atoms with Gasteiger partial charge in [0.2, 0.25) is 5.88 Å². The fraction of sp³-hybridized carbons (Fsp3) is 0.0909. The second kappa shape index (κ2) is 7.32. The number of fused-ring (bicyclic) bond motifs is 2. The van der Waals surface area contributed by atoms with Crippen LogP contribution in [-0.2, 0) is 0 Å². The molecule has 5 aromatic rings. The van der Waals surface area contributed by atoms with Gasteiger partial charge in [-0.2, -0.15) is 10.1 Å². The Bertz CT molecular complexity index is 1320. The SMILES string of the molecule is COc1cncc(NC(C(=O)c2c[nH]c3ccccc23)c2cc3ccccn3n2)n1. The lowest BCUT2D eigenvalue weighted by Gasteiger charge is -2.16. The van der Waals surface area contributed by atoms with E-state index in [9.17, 15) is 4.79 Å². The van der Waals surface area contributed by atoms with Crippen LogP contribution in [-0.4, -0.2) is 37.5 Å². The van der Waals surface area contributed by atoms with Gasteiger partial charge in [0.15, 0.2) is 5.78 Å². The van der Waals surface area contributed by atoms with Gasteiger partial charge in [0.1, 0.15) is 11.9 Å². The summed E-state index contributed by atoms with van der Waals surface area (Å²) in [6, 6.07) is 14.6. The highest BCUT2D eigenvalue weighted by Crippen LogP contribution is 2.27. The molecule has 1 unspecified atom stereocenters. The van der Waals surface area contributed by atoms with Gasteiger partial charge in [-0.15, -0.1) is 0 Å². The maximum absolute atomic E-state index is 13.6. The van der Waals surface area contributed by atoms with Crippen LogP contribution in [0.25, 0.3) is 16.4 Å². The first kappa shape index (κ1) is 17.9. The van der Waals surface area contributed by atoms with Crippen molar-refractivity contribution in [3.63, 3.8) is 0 Å². The number of H-pyrrole nitrogens is 1. The van der Waals surface area contributed by atoms with Gasteiger partial charge in [-0.25, -0.2) is 4.52 Å². The molecule has 0 aliphatic carbocycles. The number of carbonyl (C=O) groups is 1. The molecule has 0 saturated carbocycles. The van der Waals surface area contributed by atoms with Crippen molar-refractivity contribution in [2.24, 2.45) is 0 Å². The molecule has 8 nitrogen and oxygen atoms in total. The number of hydrogen-bond acceptors (Lipinski definition) is 6. The van der Waals surface area contributed by atoms with Gasteiger partial charge in [-0.3, -0.25) is 9.78 Å².